The Kier molecular flexibility index (Phi) is 5.83. The molecule has 1 atom stereocenters. The van der Waals surface area contributed by atoms with Gasteiger partial charge in [0.25, 0.3) is 0 Å². The van der Waals surface area contributed by atoms with Gasteiger partial charge >= 0.3 is 0 Å². The van der Waals surface area contributed by atoms with Crippen LogP contribution in [-0.4, -0.2) is 18.0 Å². The topological polar surface area (TPSA) is 42.6 Å². The second kappa shape index (κ2) is 7.17. The van der Waals surface area contributed by atoms with E-state index in [1.54, 1.807) is 6.92 Å². The lowest BCUT2D eigenvalue weighted by Crippen LogP contribution is -2.30. The summed E-state index contributed by atoms with van der Waals surface area (Å²) < 4.78 is 7.53. The van der Waals surface area contributed by atoms with Crippen molar-refractivity contribution in [2.24, 2.45) is 0 Å². The summed E-state index contributed by atoms with van der Waals surface area (Å²) in [6.45, 7) is 9.34. The second-order valence-electron chi connectivity index (χ2n) is 3.99. The number of ether oxygens (including phenoxy) is 1. The lowest BCUT2D eigenvalue weighted by atomic mass is 10.2. The Labute approximate surface area is 102 Å². The van der Waals surface area contributed by atoms with Gasteiger partial charge in [0.1, 0.15) is 12.6 Å². The molecule has 0 saturated carbocycles. The van der Waals surface area contributed by atoms with Gasteiger partial charge in [0.15, 0.2) is 12.4 Å². The maximum Gasteiger partial charge on any atom is 0.169 e. The van der Waals surface area contributed by atoms with Crippen LogP contribution < -0.4 is 4.57 Å². The largest absolute Gasteiger partial charge is 0.374 e. The Morgan fingerprint density at radius 1 is 1.47 bits per heavy atom. The molecular formula is C13H20NO3+. The van der Waals surface area contributed by atoms with Gasteiger partial charge in [0.05, 0.1) is 13.2 Å². The first-order chi connectivity index (χ1) is 8.17. The first-order valence-electron chi connectivity index (χ1n) is 5.68. The van der Waals surface area contributed by atoms with E-state index in [2.05, 4.69) is 23.0 Å². The number of hydrogen-bond donors (Lipinski definition) is 1. The van der Waals surface area contributed by atoms with E-state index in [1.165, 1.54) is 0 Å². The van der Waals surface area contributed by atoms with Crippen molar-refractivity contribution in [1.29, 1.82) is 0 Å². The molecule has 0 amide bonds. The lowest BCUT2D eigenvalue weighted by Gasteiger charge is -2.13. The van der Waals surface area contributed by atoms with Gasteiger partial charge < -0.3 is 4.74 Å². The summed E-state index contributed by atoms with van der Waals surface area (Å²) in [7, 11) is 0. The predicted octanol–water partition coefficient (Wildman–Crippen LogP) is 1.94. The number of pyridine rings is 1. The average Bonchev–Trinajstić information content (AvgIpc) is 2.35. The number of aryl methyl sites for hydroxylation is 1. The predicted molar refractivity (Wildman–Crippen MR) is 64.3 cm³/mol. The summed E-state index contributed by atoms with van der Waals surface area (Å²) in [6.07, 6.45) is 3.56. The number of nitrogens with zero attached hydrogens (tertiary/aromatic N) is 1. The highest BCUT2D eigenvalue weighted by atomic mass is 17.1. The fourth-order valence-corrected chi connectivity index (χ4v) is 1.34. The van der Waals surface area contributed by atoms with E-state index in [1.807, 2.05) is 24.5 Å². The third kappa shape index (κ3) is 4.65. The average molecular weight is 238 g/mol. The molecule has 0 aliphatic rings. The van der Waals surface area contributed by atoms with Crippen molar-refractivity contribution in [3.63, 3.8) is 0 Å². The van der Waals surface area contributed by atoms with E-state index < -0.39 is 6.10 Å². The van der Waals surface area contributed by atoms with Crippen LogP contribution in [-0.2, 0) is 22.8 Å². The van der Waals surface area contributed by atoms with Crippen LogP contribution in [0.4, 0.5) is 0 Å². The third-order valence-electron chi connectivity index (χ3n) is 2.54. The van der Waals surface area contributed by atoms with Crippen LogP contribution in [0.15, 0.2) is 36.7 Å². The van der Waals surface area contributed by atoms with Crippen molar-refractivity contribution in [2.75, 3.05) is 6.61 Å². The Balaban J connectivity index is 2.37. The molecule has 4 nitrogen and oxygen atoms in total. The van der Waals surface area contributed by atoms with E-state index in [0.717, 1.165) is 17.7 Å². The Morgan fingerprint density at radius 2 is 2.12 bits per heavy atom. The third-order valence-corrected chi connectivity index (χ3v) is 2.54. The Hall–Kier alpha value is -1.23. The molecule has 0 fully saturated rings. The van der Waals surface area contributed by atoms with Crippen molar-refractivity contribution >= 4 is 0 Å². The first-order valence-corrected chi connectivity index (χ1v) is 5.68. The standard InChI is InChI=1S/C13H19NO3/c1-4-14-7-5-12(6-8-14)9-16-10-13(17-15)11(2)3/h5-8,13H,2,4,9-10H2,1,3H3/p+1. The van der Waals surface area contributed by atoms with Crippen LogP contribution in [0.2, 0.25) is 0 Å². The minimum atomic E-state index is -0.459. The van der Waals surface area contributed by atoms with Gasteiger partial charge in [-0.3, -0.25) is 5.26 Å². The molecule has 0 aromatic carbocycles. The lowest BCUT2D eigenvalue weighted by molar-refractivity contribution is -0.693. The molecule has 17 heavy (non-hydrogen) atoms. The van der Waals surface area contributed by atoms with Crippen LogP contribution in [0.5, 0.6) is 0 Å². The van der Waals surface area contributed by atoms with E-state index in [4.69, 9.17) is 9.99 Å². The van der Waals surface area contributed by atoms with Gasteiger partial charge in [-0.05, 0) is 25.0 Å². The zero-order valence-corrected chi connectivity index (χ0v) is 10.4. The fraction of sp³-hybridized carbons (Fsp3) is 0.462. The summed E-state index contributed by atoms with van der Waals surface area (Å²) >= 11 is 0. The number of rotatable bonds is 7. The van der Waals surface area contributed by atoms with Crippen LogP contribution >= 0.6 is 0 Å². The van der Waals surface area contributed by atoms with Crippen LogP contribution in [0.1, 0.15) is 19.4 Å². The molecule has 4 heteroatoms. The maximum absolute atomic E-state index is 8.62. The molecule has 1 heterocycles. The smallest absolute Gasteiger partial charge is 0.169 e. The maximum atomic E-state index is 8.62. The zero-order valence-electron chi connectivity index (χ0n) is 10.4. The molecule has 0 radical (unpaired) electrons. The summed E-state index contributed by atoms with van der Waals surface area (Å²) in [4.78, 5) is 4.26. The normalized spacial score (nSPS) is 12.4. The van der Waals surface area contributed by atoms with Crippen molar-refractivity contribution in [3.8, 4) is 0 Å². The first kappa shape index (κ1) is 13.8. The minimum absolute atomic E-state index is 0.300. The van der Waals surface area contributed by atoms with Gasteiger partial charge in [0.2, 0.25) is 0 Å². The Bertz CT molecular complexity index is 348. The molecule has 1 N–H and O–H groups in total. The van der Waals surface area contributed by atoms with Crippen LogP contribution in [0.3, 0.4) is 0 Å². The van der Waals surface area contributed by atoms with Crippen molar-refractivity contribution in [1.82, 2.24) is 0 Å². The molecule has 0 aliphatic carbocycles. The van der Waals surface area contributed by atoms with E-state index in [9.17, 15) is 0 Å². The van der Waals surface area contributed by atoms with Crippen molar-refractivity contribution in [3.05, 3.63) is 42.2 Å². The molecular weight excluding hydrogens is 218 g/mol. The molecule has 0 saturated heterocycles. The molecule has 1 rings (SSSR count). The molecule has 94 valence electrons. The summed E-state index contributed by atoms with van der Waals surface area (Å²) in [5, 5.41) is 8.62. The SMILES string of the molecule is C=C(C)C(COCc1cc[n+](CC)cc1)OO. The van der Waals surface area contributed by atoms with Crippen LogP contribution in [0, 0.1) is 0 Å². The molecule has 1 aromatic rings. The van der Waals surface area contributed by atoms with Gasteiger partial charge in [-0.15, -0.1) is 0 Å². The summed E-state index contributed by atoms with van der Waals surface area (Å²) in [5.41, 5.74) is 1.83. The van der Waals surface area contributed by atoms with Crippen LogP contribution in [0.25, 0.3) is 0 Å². The van der Waals surface area contributed by atoms with E-state index in [-0.39, 0.29) is 0 Å². The number of aromatic nitrogens is 1. The van der Waals surface area contributed by atoms with E-state index >= 15 is 0 Å². The van der Waals surface area contributed by atoms with E-state index in [0.29, 0.717) is 13.2 Å². The highest BCUT2D eigenvalue weighted by Gasteiger charge is 2.09. The summed E-state index contributed by atoms with van der Waals surface area (Å²) in [5.74, 6) is 0. The Morgan fingerprint density at radius 3 is 2.59 bits per heavy atom. The molecule has 0 spiro atoms. The second-order valence-corrected chi connectivity index (χ2v) is 3.99. The molecule has 1 aromatic heterocycles. The number of hydrogen-bond acceptors (Lipinski definition) is 3. The zero-order chi connectivity index (χ0) is 12.7. The highest BCUT2D eigenvalue weighted by Crippen LogP contribution is 2.05. The molecule has 1 unspecified atom stereocenters. The van der Waals surface area contributed by atoms with Gasteiger partial charge in [-0.2, -0.15) is 0 Å². The minimum Gasteiger partial charge on any atom is -0.374 e. The van der Waals surface area contributed by atoms with Crippen molar-refractivity contribution in [2.45, 2.75) is 33.1 Å². The fourth-order valence-electron chi connectivity index (χ4n) is 1.34. The van der Waals surface area contributed by atoms with Crippen molar-refractivity contribution < 1.29 is 19.4 Å². The van der Waals surface area contributed by atoms with Gasteiger partial charge in [-0.25, -0.2) is 9.45 Å². The quantitative estimate of drug-likeness (QED) is 0.342. The summed E-state index contributed by atoms with van der Waals surface area (Å²) in [6, 6.07) is 4.03. The van der Waals surface area contributed by atoms with Gasteiger partial charge in [0, 0.05) is 12.1 Å². The molecule has 0 bridgehead atoms. The monoisotopic (exact) mass is 238 g/mol. The highest BCUT2D eigenvalue weighted by molar-refractivity contribution is 5.05. The molecule has 0 aliphatic heterocycles. The van der Waals surface area contributed by atoms with Gasteiger partial charge in [-0.1, -0.05) is 6.58 Å².